The third-order valence-corrected chi connectivity index (χ3v) is 6.28. The molecule has 0 saturated carbocycles. The Balaban J connectivity index is 1.63. The Morgan fingerprint density at radius 1 is 1.07 bits per heavy atom. The zero-order valence-electron chi connectivity index (χ0n) is 17.5. The molecule has 2 aliphatic rings. The van der Waals surface area contributed by atoms with Crippen LogP contribution in [0.3, 0.4) is 0 Å². The molecule has 2 atom stereocenters. The highest BCUT2D eigenvalue weighted by molar-refractivity contribution is 5.98. The molecule has 0 saturated heterocycles. The standard InChI is InChI=1S/C26H29FN2/c1-19-8-7-17-26(2,3)24(19)16-15-22-18-25(20-11-13-21(27)14-12-20)29(28-22)23-9-5-4-6-10-23/h4-6,8-16,24-25H,7,17-18H2,1-3H3/b16-15+. The molecule has 2 unspecified atom stereocenters. The van der Waals surface area contributed by atoms with Crippen molar-refractivity contribution in [1.29, 1.82) is 0 Å². The maximum atomic E-state index is 13.4. The zero-order valence-corrected chi connectivity index (χ0v) is 17.5. The van der Waals surface area contributed by atoms with Gasteiger partial charge in [-0.05, 0) is 61.1 Å². The van der Waals surface area contributed by atoms with E-state index in [-0.39, 0.29) is 17.3 Å². The number of hydrazone groups is 1. The highest BCUT2D eigenvalue weighted by Crippen LogP contribution is 2.42. The average Bonchev–Trinajstić information content (AvgIpc) is 3.12. The minimum atomic E-state index is -0.208. The molecule has 0 spiro atoms. The molecule has 3 heteroatoms. The van der Waals surface area contributed by atoms with Crippen molar-refractivity contribution < 1.29 is 4.39 Å². The average molecular weight is 389 g/mol. The smallest absolute Gasteiger partial charge is 0.123 e. The van der Waals surface area contributed by atoms with Crippen LogP contribution >= 0.6 is 0 Å². The summed E-state index contributed by atoms with van der Waals surface area (Å²) in [6.07, 6.45) is 10.1. The molecular weight excluding hydrogens is 359 g/mol. The highest BCUT2D eigenvalue weighted by atomic mass is 19.1. The van der Waals surface area contributed by atoms with Crippen molar-refractivity contribution in [2.75, 3.05) is 5.01 Å². The number of halogens is 1. The second-order valence-electron chi connectivity index (χ2n) is 8.86. The number of para-hydroxylation sites is 1. The lowest BCUT2D eigenvalue weighted by atomic mass is 9.68. The van der Waals surface area contributed by atoms with Gasteiger partial charge in [-0.25, -0.2) is 4.39 Å². The minimum Gasteiger partial charge on any atom is -0.257 e. The molecule has 0 N–H and O–H groups in total. The topological polar surface area (TPSA) is 15.6 Å². The van der Waals surface area contributed by atoms with E-state index in [4.69, 9.17) is 5.10 Å². The first kappa shape index (κ1) is 19.6. The van der Waals surface area contributed by atoms with E-state index < -0.39 is 0 Å². The van der Waals surface area contributed by atoms with Gasteiger partial charge in [0.05, 0.1) is 17.4 Å². The molecular formula is C26H29FN2. The van der Waals surface area contributed by atoms with E-state index in [0.717, 1.165) is 23.4 Å². The lowest BCUT2D eigenvalue weighted by molar-refractivity contribution is 0.255. The van der Waals surface area contributed by atoms with Gasteiger partial charge in [0.2, 0.25) is 0 Å². The molecule has 1 heterocycles. The van der Waals surface area contributed by atoms with Gasteiger partial charge in [0, 0.05) is 12.3 Å². The van der Waals surface area contributed by atoms with Crippen LogP contribution in [-0.2, 0) is 0 Å². The van der Waals surface area contributed by atoms with E-state index in [9.17, 15) is 4.39 Å². The summed E-state index contributed by atoms with van der Waals surface area (Å²) in [4.78, 5) is 0. The third-order valence-electron chi connectivity index (χ3n) is 6.28. The summed E-state index contributed by atoms with van der Waals surface area (Å²) >= 11 is 0. The second-order valence-corrected chi connectivity index (χ2v) is 8.86. The molecule has 2 nitrogen and oxygen atoms in total. The third kappa shape index (κ3) is 4.19. The van der Waals surface area contributed by atoms with Gasteiger partial charge in [0.25, 0.3) is 0 Å². The van der Waals surface area contributed by atoms with Crippen molar-refractivity contribution in [2.45, 2.75) is 46.1 Å². The SMILES string of the molecule is CC1=CCCC(C)(C)C1/C=C/C1=NN(c2ccccc2)C(c2ccc(F)cc2)C1. The Hall–Kier alpha value is -2.68. The van der Waals surface area contributed by atoms with Gasteiger partial charge in [0.1, 0.15) is 5.82 Å². The van der Waals surface area contributed by atoms with Crippen molar-refractivity contribution in [1.82, 2.24) is 0 Å². The molecule has 0 amide bonds. The number of hydrogen-bond acceptors (Lipinski definition) is 2. The predicted octanol–water partition coefficient (Wildman–Crippen LogP) is 7.07. The normalized spacial score (nSPS) is 23.9. The number of allylic oxidation sites excluding steroid dienone is 4. The maximum absolute atomic E-state index is 13.4. The molecule has 1 aliphatic heterocycles. The van der Waals surface area contributed by atoms with Crippen LogP contribution < -0.4 is 5.01 Å². The van der Waals surface area contributed by atoms with Gasteiger partial charge >= 0.3 is 0 Å². The number of anilines is 1. The number of nitrogens with zero attached hydrogens (tertiary/aromatic N) is 2. The van der Waals surface area contributed by atoms with Crippen LogP contribution in [0.15, 0.2) is 83.5 Å². The molecule has 0 radical (unpaired) electrons. The molecule has 0 bridgehead atoms. The summed E-state index contributed by atoms with van der Waals surface area (Å²) in [6, 6.07) is 17.1. The fraction of sp³-hybridized carbons (Fsp3) is 0.346. The monoisotopic (exact) mass is 388 g/mol. The Bertz CT molecular complexity index is 938. The fourth-order valence-electron chi connectivity index (χ4n) is 4.59. The number of benzene rings is 2. The van der Waals surface area contributed by atoms with Crippen LogP contribution in [0.4, 0.5) is 10.1 Å². The van der Waals surface area contributed by atoms with E-state index in [0.29, 0.717) is 5.92 Å². The van der Waals surface area contributed by atoms with Crippen molar-refractivity contribution in [3.8, 4) is 0 Å². The summed E-state index contributed by atoms with van der Waals surface area (Å²) in [5, 5.41) is 7.02. The van der Waals surface area contributed by atoms with E-state index in [1.165, 1.54) is 30.5 Å². The zero-order chi connectivity index (χ0) is 20.4. The summed E-state index contributed by atoms with van der Waals surface area (Å²) in [6.45, 7) is 6.95. The van der Waals surface area contributed by atoms with Gasteiger partial charge in [-0.2, -0.15) is 5.10 Å². The van der Waals surface area contributed by atoms with Gasteiger partial charge in [0.15, 0.2) is 0 Å². The number of rotatable bonds is 4. The predicted molar refractivity (Wildman–Crippen MR) is 120 cm³/mol. The fourth-order valence-corrected chi connectivity index (χ4v) is 4.59. The molecule has 150 valence electrons. The Morgan fingerprint density at radius 3 is 2.48 bits per heavy atom. The largest absolute Gasteiger partial charge is 0.257 e. The van der Waals surface area contributed by atoms with Crippen LogP contribution in [0.5, 0.6) is 0 Å². The maximum Gasteiger partial charge on any atom is 0.123 e. The second kappa shape index (κ2) is 7.98. The van der Waals surface area contributed by atoms with Crippen LogP contribution in [-0.4, -0.2) is 5.71 Å². The lowest BCUT2D eigenvalue weighted by Crippen LogP contribution is -2.26. The van der Waals surface area contributed by atoms with Crippen molar-refractivity contribution >= 4 is 11.4 Å². The van der Waals surface area contributed by atoms with Gasteiger partial charge in [-0.15, -0.1) is 0 Å². The van der Waals surface area contributed by atoms with Crippen molar-refractivity contribution in [3.05, 3.63) is 89.8 Å². The summed E-state index contributed by atoms with van der Waals surface area (Å²) in [7, 11) is 0. The van der Waals surface area contributed by atoms with E-state index >= 15 is 0 Å². The summed E-state index contributed by atoms with van der Waals surface area (Å²) in [5.41, 5.74) is 4.92. The van der Waals surface area contributed by atoms with Crippen LogP contribution in [0.2, 0.25) is 0 Å². The van der Waals surface area contributed by atoms with Crippen molar-refractivity contribution in [3.63, 3.8) is 0 Å². The molecule has 2 aromatic carbocycles. The molecule has 0 fully saturated rings. The molecule has 0 aromatic heterocycles. The first-order valence-electron chi connectivity index (χ1n) is 10.5. The Labute approximate surface area is 173 Å². The Kier molecular flexibility index (Phi) is 5.40. The first-order chi connectivity index (χ1) is 13.9. The molecule has 1 aliphatic carbocycles. The van der Waals surface area contributed by atoms with E-state index in [1.807, 2.05) is 30.3 Å². The van der Waals surface area contributed by atoms with Crippen LogP contribution in [0, 0.1) is 17.2 Å². The summed E-state index contributed by atoms with van der Waals surface area (Å²) in [5.74, 6) is 0.231. The highest BCUT2D eigenvalue weighted by Gasteiger charge is 2.32. The molecule has 4 rings (SSSR count). The molecule has 2 aromatic rings. The minimum absolute atomic E-state index is 0.0775. The lowest BCUT2D eigenvalue weighted by Gasteiger charge is -2.36. The van der Waals surface area contributed by atoms with Crippen molar-refractivity contribution in [2.24, 2.45) is 16.4 Å². The Morgan fingerprint density at radius 2 is 1.79 bits per heavy atom. The van der Waals surface area contributed by atoms with Crippen LogP contribution in [0.25, 0.3) is 0 Å². The van der Waals surface area contributed by atoms with Gasteiger partial charge in [-0.3, -0.25) is 5.01 Å². The quantitative estimate of drug-likeness (QED) is 0.511. The molecule has 29 heavy (non-hydrogen) atoms. The summed E-state index contributed by atoms with van der Waals surface area (Å²) < 4.78 is 13.4. The first-order valence-corrected chi connectivity index (χ1v) is 10.5. The number of hydrogen-bond donors (Lipinski definition) is 0. The van der Waals surface area contributed by atoms with Gasteiger partial charge < -0.3 is 0 Å². The van der Waals surface area contributed by atoms with Crippen LogP contribution in [0.1, 0.15) is 51.6 Å². The van der Waals surface area contributed by atoms with Gasteiger partial charge in [-0.1, -0.05) is 61.9 Å². The van der Waals surface area contributed by atoms with E-state index in [2.05, 4.69) is 56.1 Å². The van der Waals surface area contributed by atoms with E-state index in [1.54, 1.807) is 0 Å².